The first-order chi connectivity index (χ1) is 10.7. The largest absolute Gasteiger partial charge is 0.467 e. The quantitative estimate of drug-likeness (QED) is 0.818. The summed E-state index contributed by atoms with van der Waals surface area (Å²) in [6, 6.07) is 8.20. The molecule has 1 N–H and O–H groups in total. The number of nitrogens with zero attached hydrogens (tertiary/aromatic N) is 1. The molecular weight excluding hydrogens is 284 g/mol. The lowest BCUT2D eigenvalue weighted by molar-refractivity contribution is -0.146. The molecule has 0 bridgehead atoms. The molecule has 116 valence electrons. The number of hydrogen-bond acceptors (Lipinski definition) is 5. The van der Waals surface area contributed by atoms with Crippen molar-refractivity contribution in [2.45, 2.75) is 31.4 Å². The van der Waals surface area contributed by atoms with Crippen LogP contribution in [0.3, 0.4) is 0 Å². The van der Waals surface area contributed by atoms with Crippen LogP contribution >= 0.6 is 0 Å². The van der Waals surface area contributed by atoms with E-state index in [-0.39, 0.29) is 12.3 Å². The fourth-order valence-electron chi connectivity index (χ4n) is 2.41. The molecular formula is C16H18N2O4. The summed E-state index contributed by atoms with van der Waals surface area (Å²) < 4.78 is 10.1. The van der Waals surface area contributed by atoms with Crippen LogP contribution in [0, 0.1) is 11.3 Å². The number of amides is 1. The van der Waals surface area contributed by atoms with Crippen LogP contribution < -0.4 is 5.32 Å². The molecule has 0 spiro atoms. The smallest absolute Gasteiger partial charge is 0.328 e. The summed E-state index contributed by atoms with van der Waals surface area (Å²) in [5.41, 5.74) is 1.16. The number of benzene rings is 1. The minimum atomic E-state index is -0.837. The number of nitrogens with one attached hydrogen (secondary N) is 1. The van der Waals surface area contributed by atoms with E-state index < -0.39 is 18.1 Å². The second kappa shape index (κ2) is 7.57. The number of carbonyl (C=O) groups excluding carboxylic acids is 2. The minimum Gasteiger partial charge on any atom is -0.467 e. The molecule has 1 saturated heterocycles. The first kappa shape index (κ1) is 16.0. The average Bonchev–Trinajstić information content (AvgIpc) is 3.08. The van der Waals surface area contributed by atoms with Crippen LogP contribution in [0.25, 0.3) is 0 Å². The molecule has 1 fully saturated rings. The monoisotopic (exact) mass is 302 g/mol. The Bertz CT molecular complexity index is 588. The molecule has 1 aliphatic rings. The Morgan fingerprint density at radius 2 is 2.27 bits per heavy atom. The molecule has 1 aromatic rings. The lowest BCUT2D eigenvalue weighted by Crippen LogP contribution is -2.47. The highest BCUT2D eigenvalue weighted by atomic mass is 16.5. The number of methoxy groups -OCH3 is 1. The SMILES string of the molecule is COC(=O)[C@@H](Cc1ccccc1C#N)NC(=O)[C@@H]1CCCO1. The molecule has 2 atom stereocenters. The number of nitriles is 1. The number of rotatable bonds is 5. The topological polar surface area (TPSA) is 88.4 Å². The standard InChI is InChI=1S/C16H18N2O4/c1-21-16(20)13(18-15(19)14-7-4-8-22-14)9-11-5-2-3-6-12(11)10-17/h2-3,5-6,13-14H,4,7-9H2,1H3,(H,18,19)/t13-,14+/m1/s1. The van der Waals surface area contributed by atoms with Gasteiger partial charge < -0.3 is 14.8 Å². The third kappa shape index (κ3) is 3.83. The molecule has 6 nitrogen and oxygen atoms in total. The van der Waals surface area contributed by atoms with Gasteiger partial charge in [0.15, 0.2) is 0 Å². The predicted molar refractivity (Wildman–Crippen MR) is 77.8 cm³/mol. The van der Waals surface area contributed by atoms with Gasteiger partial charge in [-0.3, -0.25) is 4.79 Å². The van der Waals surface area contributed by atoms with Crippen LogP contribution in [0.2, 0.25) is 0 Å². The maximum atomic E-state index is 12.1. The highest BCUT2D eigenvalue weighted by Crippen LogP contribution is 2.14. The molecule has 0 saturated carbocycles. The Hall–Kier alpha value is -2.39. The van der Waals surface area contributed by atoms with E-state index in [1.807, 2.05) is 0 Å². The Kier molecular flexibility index (Phi) is 5.50. The molecule has 1 amide bonds. The van der Waals surface area contributed by atoms with Crippen molar-refractivity contribution in [3.8, 4) is 6.07 Å². The summed E-state index contributed by atoms with van der Waals surface area (Å²) in [7, 11) is 1.27. The molecule has 0 aromatic heterocycles. The van der Waals surface area contributed by atoms with Crippen molar-refractivity contribution in [1.29, 1.82) is 5.26 Å². The number of carbonyl (C=O) groups is 2. The first-order valence-electron chi connectivity index (χ1n) is 7.13. The van der Waals surface area contributed by atoms with E-state index in [9.17, 15) is 9.59 Å². The second-order valence-electron chi connectivity index (χ2n) is 5.06. The van der Waals surface area contributed by atoms with Crippen molar-refractivity contribution in [3.05, 3.63) is 35.4 Å². The first-order valence-corrected chi connectivity index (χ1v) is 7.13. The van der Waals surface area contributed by atoms with Crippen molar-refractivity contribution < 1.29 is 19.1 Å². The van der Waals surface area contributed by atoms with E-state index in [1.165, 1.54) is 7.11 Å². The number of ether oxygens (including phenoxy) is 2. The van der Waals surface area contributed by atoms with Gasteiger partial charge in [0.25, 0.3) is 0 Å². The van der Waals surface area contributed by atoms with Crippen LogP contribution in [-0.2, 0) is 25.5 Å². The van der Waals surface area contributed by atoms with E-state index in [1.54, 1.807) is 24.3 Å². The maximum absolute atomic E-state index is 12.1. The fourth-order valence-corrected chi connectivity index (χ4v) is 2.41. The zero-order valence-corrected chi connectivity index (χ0v) is 12.4. The third-order valence-electron chi connectivity index (χ3n) is 3.59. The summed E-state index contributed by atoms with van der Waals surface area (Å²) >= 11 is 0. The van der Waals surface area contributed by atoms with Crippen LogP contribution in [0.5, 0.6) is 0 Å². The second-order valence-corrected chi connectivity index (χ2v) is 5.06. The normalized spacial score (nSPS) is 18.3. The van der Waals surface area contributed by atoms with E-state index in [2.05, 4.69) is 11.4 Å². The molecule has 1 aromatic carbocycles. The lowest BCUT2D eigenvalue weighted by atomic mass is 10.0. The zero-order valence-electron chi connectivity index (χ0n) is 12.4. The van der Waals surface area contributed by atoms with E-state index in [0.717, 1.165) is 6.42 Å². The molecule has 0 aliphatic carbocycles. The summed E-state index contributed by atoms with van der Waals surface area (Å²) in [5, 5.41) is 11.8. The van der Waals surface area contributed by atoms with Crippen molar-refractivity contribution in [2.24, 2.45) is 0 Å². The van der Waals surface area contributed by atoms with E-state index >= 15 is 0 Å². The van der Waals surface area contributed by atoms with Gasteiger partial charge in [-0.05, 0) is 24.5 Å². The van der Waals surface area contributed by atoms with Crippen molar-refractivity contribution in [3.63, 3.8) is 0 Å². The van der Waals surface area contributed by atoms with Gasteiger partial charge in [0.1, 0.15) is 12.1 Å². The number of hydrogen-bond donors (Lipinski definition) is 1. The zero-order chi connectivity index (χ0) is 15.9. The molecule has 2 rings (SSSR count). The minimum absolute atomic E-state index is 0.203. The van der Waals surface area contributed by atoms with Gasteiger partial charge in [0.05, 0.1) is 18.7 Å². The van der Waals surface area contributed by atoms with Gasteiger partial charge in [0, 0.05) is 13.0 Å². The fraction of sp³-hybridized carbons (Fsp3) is 0.438. The van der Waals surface area contributed by atoms with Crippen LogP contribution in [0.4, 0.5) is 0 Å². The third-order valence-corrected chi connectivity index (χ3v) is 3.59. The molecule has 0 radical (unpaired) electrons. The summed E-state index contributed by atoms with van der Waals surface area (Å²) in [6.07, 6.45) is 1.17. The maximum Gasteiger partial charge on any atom is 0.328 e. The van der Waals surface area contributed by atoms with Crippen molar-refractivity contribution >= 4 is 11.9 Å². The summed E-state index contributed by atoms with van der Waals surface area (Å²) in [4.78, 5) is 24.0. The van der Waals surface area contributed by atoms with Crippen LogP contribution in [-0.4, -0.2) is 37.7 Å². The predicted octanol–water partition coefficient (Wildman–Crippen LogP) is 0.938. The highest BCUT2D eigenvalue weighted by Gasteiger charge is 2.29. The van der Waals surface area contributed by atoms with Gasteiger partial charge in [-0.1, -0.05) is 18.2 Å². The van der Waals surface area contributed by atoms with Gasteiger partial charge in [-0.15, -0.1) is 0 Å². The summed E-state index contributed by atoms with van der Waals surface area (Å²) in [5.74, 6) is -0.860. The van der Waals surface area contributed by atoms with E-state index in [0.29, 0.717) is 24.2 Å². The Labute approximate surface area is 129 Å². The lowest BCUT2D eigenvalue weighted by Gasteiger charge is -2.19. The highest BCUT2D eigenvalue weighted by molar-refractivity contribution is 5.87. The van der Waals surface area contributed by atoms with E-state index in [4.69, 9.17) is 14.7 Å². The molecule has 1 aliphatic heterocycles. The Morgan fingerprint density at radius 1 is 1.50 bits per heavy atom. The van der Waals surface area contributed by atoms with Gasteiger partial charge in [-0.25, -0.2) is 4.79 Å². The molecule has 0 unspecified atom stereocenters. The van der Waals surface area contributed by atoms with Crippen molar-refractivity contribution in [2.75, 3.05) is 13.7 Å². The number of esters is 1. The van der Waals surface area contributed by atoms with Gasteiger partial charge >= 0.3 is 5.97 Å². The summed E-state index contributed by atoms with van der Waals surface area (Å²) in [6.45, 7) is 0.554. The van der Waals surface area contributed by atoms with Crippen molar-refractivity contribution in [1.82, 2.24) is 5.32 Å². The van der Waals surface area contributed by atoms with Crippen LogP contribution in [0.15, 0.2) is 24.3 Å². The van der Waals surface area contributed by atoms with Gasteiger partial charge in [0.2, 0.25) is 5.91 Å². The Balaban J connectivity index is 2.11. The molecule has 1 heterocycles. The Morgan fingerprint density at radius 3 is 2.91 bits per heavy atom. The molecule has 22 heavy (non-hydrogen) atoms. The van der Waals surface area contributed by atoms with Gasteiger partial charge in [-0.2, -0.15) is 5.26 Å². The van der Waals surface area contributed by atoms with Crippen LogP contribution in [0.1, 0.15) is 24.0 Å². The average molecular weight is 302 g/mol. The molecule has 6 heteroatoms.